The molecule has 1 unspecified atom stereocenters. The molecule has 15 heavy (non-hydrogen) atoms. The standard InChI is InChI=1S/C9H8N2O3S/c1-14-9(12)6-4-8-7(10-5-6)2-3-11-15(8)13/h2-5,11H,1H3. The van der Waals surface area contributed by atoms with E-state index in [0.29, 0.717) is 16.2 Å². The van der Waals surface area contributed by atoms with Crippen LogP contribution in [0.15, 0.2) is 23.4 Å². The van der Waals surface area contributed by atoms with Crippen molar-refractivity contribution < 1.29 is 13.7 Å². The number of esters is 1. The lowest BCUT2D eigenvalue weighted by atomic mass is 10.2. The van der Waals surface area contributed by atoms with Gasteiger partial charge >= 0.3 is 5.97 Å². The maximum Gasteiger partial charge on any atom is 0.339 e. The van der Waals surface area contributed by atoms with Gasteiger partial charge in [0.1, 0.15) is 0 Å². The molecule has 1 aliphatic rings. The Bertz CT molecular complexity index is 470. The molecule has 0 aliphatic carbocycles. The molecule has 5 nitrogen and oxygen atoms in total. The van der Waals surface area contributed by atoms with E-state index in [4.69, 9.17) is 0 Å². The first-order valence-electron chi connectivity index (χ1n) is 4.15. The summed E-state index contributed by atoms with van der Waals surface area (Å²) >= 11 is 0. The van der Waals surface area contributed by atoms with Gasteiger partial charge in [-0.3, -0.25) is 4.98 Å². The van der Waals surface area contributed by atoms with Crippen LogP contribution >= 0.6 is 0 Å². The quantitative estimate of drug-likeness (QED) is 0.704. The highest BCUT2D eigenvalue weighted by Crippen LogP contribution is 2.17. The minimum absolute atomic E-state index is 0.293. The Morgan fingerprint density at radius 3 is 3.13 bits per heavy atom. The SMILES string of the molecule is COC(=O)c1cnc2c(c1)S(=O)NC=C2. The van der Waals surface area contributed by atoms with Crippen molar-refractivity contribution in [3.8, 4) is 0 Å². The zero-order chi connectivity index (χ0) is 10.8. The van der Waals surface area contributed by atoms with Crippen LogP contribution in [0.4, 0.5) is 0 Å². The first-order chi connectivity index (χ1) is 7.22. The van der Waals surface area contributed by atoms with E-state index in [1.54, 1.807) is 12.3 Å². The van der Waals surface area contributed by atoms with Crippen LogP contribution in [0, 0.1) is 0 Å². The van der Waals surface area contributed by atoms with Gasteiger partial charge in [0, 0.05) is 12.4 Å². The number of carbonyl (C=O) groups is 1. The minimum Gasteiger partial charge on any atom is -0.465 e. The molecule has 2 rings (SSSR count). The number of pyridine rings is 1. The molecule has 78 valence electrons. The van der Waals surface area contributed by atoms with E-state index in [9.17, 15) is 9.00 Å². The molecule has 1 aliphatic heterocycles. The second-order valence-corrected chi connectivity index (χ2v) is 4.03. The third kappa shape index (κ3) is 1.75. The van der Waals surface area contributed by atoms with Crippen molar-refractivity contribution in [3.05, 3.63) is 29.7 Å². The molecule has 0 bridgehead atoms. The van der Waals surface area contributed by atoms with Crippen LogP contribution in [0.5, 0.6) is 0 Å². The van der Waals surface area contributed by atoms with E-state index in [1.165, 1.54) is 19.4 Å². The molecule has 0 spiro atoms. The molecule has 0 fully saturated rings. The van der Waals surface area contributed by atoms with Crippen LogP contribution in [0.1, 0.15) is 16.1 Å². The van der Waals surface area contributed by atoms with Gasteiger partial charge < -0.3 is 9.46 Å². The van der Waals surface area contributed by atoms with Crippen LogP contribution in [0.2, 0.25) is 0 Å². The summed E-state index contributed by atoms with van der Waals surface area (Å²) in [5.74, 6) is -0.489. The Morgan fingerprint density at radius 1 is 1.60 bits per heavy atom. The first kappa shape index (κ1) is 9.85. The van der Waals surface area contributed by atoms with Gasteiger partial charge in [0.15, 0.2) is 11.0 Å². The number of methoxy groups -OCH3 is 1. The Labute approximate surface area is 88.7 Å². The van der Waals surface area contributed by atoms with Crippen molar-refractivity contribution in [1.82, 2.24) is 9.71 Å². The highest BCUT2D eigenvalue weighted by molar-refractivity contribution is 7.83. The van der Waals surface area contributed by atoms with Gasteiger partial charge in [-0.2, -0.15) is 0 Å². The molecular formula is C9H8N2O3S. The highest BCUT2D eigenvalue weighted by atomic mass is 32.2. The monoisotopic (exact) mass is 224 g/mol. The molecule has 0 saturated heterocycles. The molecule has 0 amide bonds. The molecule has 2 heterocycles. The van der Waals surface area contributed by atoms with Gasteiger partial charge in [-0.25, -0.2) is 9.00 Å². The molecule has 1 atom stereocenters. The predicted molar refractivity (Wildman–Crippen MR) is 54.2 cm³/mol. The third-order valence-electron chi connectivity index (χ3n) is 1.92. The fraction of sp³-hybridized carbons (Fsp3) is 0.111. The largest absolute Gasteiger partial charge is 0.465 e. The van der Waals surface area contributed by atoms with Crippen molar-refractivity contribution in [2.75, 3.05) is 7.11 Å². The second-order valence-electron chi connectivity index (χ2n) is 2.82. The summed E-state index contributed by atoms with van der Waals surface area (Å²) in [4.78, 5) is 15.7. The summed E-state index contributed by atoms with van der Waals surface area (Å²) in [5.41, 5.74) is 0.890. The van der Waals surface area contributed by atoms with Crippen molar-refractivity contribution in [1.29, 1.82) is 0 Å². The maximum atomic E-state index is 11.5. The van der Waals surface area contributed by atoms with Gasteiger partial charge in [0.25, 0.3) is 0 Å². The zero-order valence-electron chi connectivity index (χ0n) is 7.89. The van der Waals surface area contributed by atoms with Crippen LogP contribution in [-0.4, -0.2) is 22.3 Å². The lowest BCUT2D eigenvalue weighted by Gasteiger charge is -2.10. The number of carbonyl (C=O) groups excluding carboxylic acids is 1. The third-order valence-corrected chi connectivity index (χ3v) is 3.00. The Morgan fingerprint density at radius 2 is 2.40 bits per heavy atom. The van der Waals surface area contributed by atoms with Crippen molar-refractivity contribution in [3.63, 3.8) is 0 Å². The van der Waals surface area contributed by atoms with Crippen LogP contribution in [0.25, 0.3) is 6.08 Å². The molecule has 6 heteroatoms. The van der Waals surface area contributed by atoms with E-state index >= 15 is 0 Å². The number of ether oxygens (including phenoxy) is 1. The van der Waals surface area contributed by atoms with Gasteiger partial charge in [0.2, 0.25) is 0 Å². The van der Waals surface area contributed by atoms with Gasteiger partial charge in [0.05, 0.1) is 23.3 Å². The summed E-state index contributed by atoms with van der Waals surface area (Å²) in [6.07, 6.45) is 4.65. The Balaban J connectivity index is 2.49. The Hall–Kier alpha value is -1.69. The highest BCUT2D eigenvalue weighted by Gasteiger charge is 2.16. The minimum atomic E-state index is -1.35. The predicted octanol–water partition coefficient (Wildman–Crippen LogP) is 0.465. The lowest BCUT2D eigenvalue weighted by Crippen LogP contribution is -2.16. The van der Waals surface area contributed by atoms with E-state index in [-0.39, 0.29) is 0 Å². The van der Waals surface area contributed by atoms with Crippen molar-refractivity contribution in [2.24, 2.45) is 0 Å². The number of aromatic nitrogens is 1. The fourth-order valence-electron chi connectivity index (χ4n) is 1.20. The normalized spacial score (nSPS) is 17.8. The summed E-state index contributed by atoms with van der Waals surface area (Å²) in [7, 11) is -0.0624. The van der Waals surface area contributed by atoms with Crippen molar-refractivity contribution >= 4 is 23.0 Å². The van der Waals surface area contributed by atoms with Crippen molar-refractivity contribution in [2.45, 2.75) is 4.90 Å². The number of hydrogen-bond donors (Lipinski definition) is 1. The second kappa shape index (κ2) is 3.82. The lowest BCUT2D eigenvalue weighted by molar-refractivity contribution is 0.0600. The number of hydrogen-bond acceptors (Lipinski definition) is 4. The summed E-state index contributed by atoms with van der Waals surface area (Å²) in [5, 5.41) is 0. The average molecular weight is 224 g/mol. The van der Waals surface area contributed by atoms with Gasteiger partial charge in [-0.15, -0.1) is 0 Å². The van der Waals surface area contributed by atoms with Crippen LogP contribution < -0.4 is 4.72 Å². The molecule has 1 aromatic rings. The van der Waals surface area contributed by atoms with Gasteiger partial charge in [-0.1, -0.05) is 0 Å². The molecular weight excluding hydrogens is 216 g/mol. The molecule has 1 N–H and O–H groups in total. The topological polar surface area (TPSA) is 68.3 Å². The maximum absolute atomic E-state index is 11.5. The van der Waals surface area contributed by atoms with Crippen LogP contribution in [-0.2, 0) is 15.7 Å². The summed E-state index contributed by atoms with van der Waals surface area (Å²) in [6.45, 7) is 0. The van der Waals surface area contributed by atoms with E-state index < -0.39 is 17.0 Å². The van der Waals surface area contributed by atoms with Crippen LogP contribution in [0.3, 0.4) is 0 Å². The van der Waals surface area contributed by atoms with E-state index in [0.717, 1.165) is 0 Å². The molecule has 1 aromatic heterocycles. The average Bonchev–Trinajstić information content (AvgIpc) is 2.28. The zero-order valence-corrected chi connectivity index (χ0v) is 8.71. The van der Waals surface area contributed by atoms with E-state index in [1.807, 2.05) is 0 Å². The number of nitrogens with zero attached hydrogens (tertiary/aromatic N) is 1. The number of rotatable bonds is 1. The van der Waals surface area contributed by atoms with E-state index in [2.05, 4.69) is 14.4 Å². The summed E-state index contributed by atoms with van der Waals surface area (Å²) in [6, 6.07) is 1.51. The summed E-state index contributed by atoms with van der Waals surface area (Å²) < 4.78 is 18.7. The smallest absolute Gasteiger partial charge is 0.339 e. The Kier molecular flexibility index (Phi) is 2.51. The number of nitrogens with one attached hydrogen (secondary N) is 1. The fourth-order valence-corrected chi connectivity index (χ4v) is 2.06. The molecule has 0 radical (unpaired) electrons. The molecule has 0 saturated carbocycles. The number of fused-ring (bicyclic) bond motifs is 1. The molecule has 0 aromatic carbocycles. The first-order valence-corrected chi connectivity index (χ1v) is 5.30. The van der Waals surface area contributed by atoms with Gasteiger partial charge in [-0.05, 0) is 12.1 Å².